The van der Waals surface area contributed by atoms with Crippen molar-refractivity contribution in [1.82, 2.24) is 0 Å². The first-order chi connectivity index (χ1) is 5.72. The van der Waals surface area contributed by atoms with Crippen LogP contribution in [0.1, 0.15) is 40.5 Å². The van der Waals surface area contributed by atoms with Crippen LogP contribution in [-0.4, -0.2) is 13.1 Å². The van der Waals surface area contributed by atoms with Gasteiger partial charge in [-0.2, -0.15) is 0 Å². The fourth-order valence-corrected chi connectivity index (χ4v) is 3.36. The third-order valence-electron chi connectivity index (χ3n) is 2.42. The zero-order valence-electron chi connectivity index (χ0n) is 8.73. The summed E-state index contributed by atoms with van der Waals surface area (Å²) in [5, 5.41) is 0. The maximum atomic E-state index is 6.03. The Hall–Kier alpha value is 1.42. The predicted octanol–water partition coefficient (Wildman–Crippen LogP) is 4.17. The molecule has 3 heteroatoms. The van der Waals surface area contributed by atoms with Gasteiger partial charge in [0.1, 0.15) is 0 Å². The minimum Gasteiger partial charge on any atom is -0.370 e. The SMILES string of the molecule is CC1(C)CC(C(I)I)CC(C)(C)O1. The molecule has 1 saturated heterocycles. The molecule has 1 aliphatic heterocycles. The van der Waals surface area contributed by atoms with Crippen molar-refractivity contribution in [3.8, 4) is 0 Å². The first kappa shape index (κ1) is 12.5. The normalized spacial score (nSPS) is 27.9. The van der Waals surface area contributed by atoms with E-state index in [0.29, 0.717) is 0 Å². The molecule has 0 N–H and O–H groups in total. The van der Waals surface area contributed by atoms with Gasteiger partial charge in [0.25, 0.3) is 0 Å². The van der Waals surface area contributed by atoms with Crippen LogP contribution < -0.4 is 0 Å². The lowest BCUT2D eigenvalue weighted by Gasteiger charge is -2.46. The number of hydrogen-bond donors (Lipinski definition) is 0. The average Bonchev–Trinajstić information content (AvgIpc) is 1.79. The molecule has 0 bridgehead atoms. The van der Waals surface area contributed by atoms with E-state index in [4.69, 9.17) is 4.74 Å². The Balaban J connectivity index is 2.72. The predicted molar refractivity (Wildman–Crippen MR) is 73.8 cm³/mol. The van der Waals surface area contributed by atoms with E-state index in [-0.39, 0.29) is 11.2 Å². The van der Waals surface area contributed by atoms with E-state index in [1.165, 1.54) is 12.8 Å². The van der Waals surface area contributed by atoms with Gasteiger partial charge in [0.2, 0.25) is 0 Å². The van der Waals surface area contributed by atoms with Gasteiger partial charge in [-0.25, -0.2) is 0 Å². The average molecular weight is 408 g/mol. The number of halogens is 2. The van der Waals surface area contributed by atoms with Gasteiger partial charge in [-0.05, 0) is 46.5 Å². The molecule has 0 radical (unpaired) electrons. The highest BCUT2D eigenvalue weighted by Gasteiger charge is 2.40. The fraction of sp³-hybridized carbons (Fsp3) is 1.00. The van der Waals surface area contributed by atoms with E-state index in [1.807, 2.05) is 0 Å². The molecule has 0 aromatic carbocycles. The Morgan fingerprint density at radius 1 is 1.08 bits per heavy atom. The maximum absolute atomic E-state index is 6.03. The minimum atomic E-state index is 0.0566. The van der Waals surface area contributed by atoms with Gasteiger partial charge >= 0.3 is 0 Å². The molecule has 1 fully saturated rings. The highest BCUT2D eigenvalue weighted by atomic mass is 127. The first-order valence-electron chi connectivity index (χ1n) is 4.70. The van der Waals surface area contributed by atoms with E-state index in [0.717, 1.165) is 7.85 Å². The van der Waals surface area contributed by atoms with Crippen LogP contribution in [0.2, 0.25) is 0 Å². The molecule has 13 heavy (non-hydrogen) atoms. The summed E-state index contributed by atoms with van der Waals surface area (Å²) in [6, 6.07) is 0. The van der Waals surface area contributed by atoms with Crippen molar-refractivity contribution in [2.24, 2.45) is 5.92 Å². The molecule has 0 spiro atoms. The highest BCUT2D eigenvalue weighted by Crippen LogP contribution is 2.43. The summed E-state index contributed by atoms with van der Waals surface area (Å²) in [6.45, 7) is 8.82. The molecular formula is C10H18I2O. The molecule has 78 valence electrons. The molecule has 0 aliphatic carbocycles. The molecule has 0 saturated carbocycles. The van der Waals surface area contributed by atoms with Gasteiger partial charge in [0.15, 0.2) is 0 Å². The van der Waals surface area contributed by atoms with Crippen molar-refractivity contribution in [3.05, 3.63) is 0 Å². The van der Waals surface area contributed by atoms with Crippen molar-refractivity contribution >= 4 is 45.2 Å². The molecule has 1 aliphatic rings. The summed E-state index contributed by atoms with van der Waals surface area (Å²) >= 11 is 5.05. The Morgan fingerprint density at radius 3 is 1.77 bits per heavy atom. The number of hydrogen-bond acceptors (Lipinski definition) is 1. The van der Waals surface area contributed by atoms with Gasteiger partial charge in [-0.15, -0.1) is 0 Å². The zero-order valence-corrected chi connectivity index (χ0v) is 13.0. The second-order valence-electron chi connectivity index (χ2n) is 5.12. The fourth-order valence-electron chi connectivity index (χ4n) is 2.34. The van der Waals surface area contributed by atoms with Crippen LogP contribution in [0, 0.1) is 5.92 Å². The van der Waals surface area contributed by atoms with Crippen LogP contribution >= 0.6 is 45.2 Å². The van der Waals surface area contributed by atoms with E-state index in [9.17, 15) is 0 Å². The van der Waals surface area contributed by atoms with Crippen molar-refractivity contribution in [3.63, 3.8) is 0 Å². The molecule has 0 amide bonds. The Labute approximate surface area is 109 Å². The van der Waals surface area contributed by atoms with Gasteiger partial charge in [-0.3, -0.25) is 0 Å². The van der Waals surface area contributed by atoms with Crippen LogP contribution in [-0.2, 0) is 4.74 Å². The molecule has 0 unspecified atom stereocenters. The van der Waals surface area contributed by atoms with Crippen molar-refractivity contribution < 1.29 is 4.74 Å². The molecule has 1 nitrogen and oxygen atoms in total. The van der Waals surface area contributed by atoms with Crippen LogP contribution in [0.25, 0.3) is 0 Å². The van der Waals surface area contributed by atoms with Crippen LogP contribution in [0.5, 0.6) is 0 Å². The summed E-state index contributed by atoms with van der Waals surface area (Å²) in [6.07, 6.45) is 2.37. The van der Waals surface area contributed by atoms with E-state index < -0.39 is 0 Å². The summed E-state index contributed by atoms with van der Waals surface area (Å²) in [5.41, 5.74) is 0.113. The Morgan fingerprint density at radius 2 is 1.46 bits per heavy atom. The summed E-state index contributed by atoms with van der Waals surface area (Å²) < 4.78 is 6.75. The molecule has 1 heterocycles. The highest BCUT2D eigenvalue weighted by molar-refractivity contribution is 14.2. The van der Waals surface area contributed by atoms with Crippen molar-refractivity contribution in [1.29, 1.82) is 0 Å². The number of alkyl halides is 2. The number of ether oxygens (including phenoxy) is 1. The summed E-state index contributed by atoms with van der Waals surface area (Å²) in [5.74, 6) is 0.792. The Bertz CT molecular complexity index is 171. The van der Waals surface area contributed by atoms with E-state index in [2.05, 4.69) is 72.9 Å². The van der Waals surface area contributed by atoms with Crippen LogP contribution in [0.3, 0.4) is 0 Å². The van der Waals surface area contributed by atoms with E-state index in [1.54, 1.807) is 0 Å². The maximum Gasteiger partial charge on any atom is 0.0656 e. The molecule has 0 atom stereocenters. The number of rotatable bonds is 1. The molecule has 0 aromatic heterocycles. The van der Waals surface area contributed by atoms with Gasteiger partial charge in [0.05, 0.1) is 13.1 Å². The summed E-state index contributed by atoms with van der Waals surface area (Å²) in [7, 11) is 0. The molecule has 1 rings (SSSR count). The standard InChI is InChI=1S/C10H18I2O/c1-9(2)5-7(8(11)12)6-10(3,4)13-9/h7-8H,5-6H2,1-4H3. The minimum absolute atomic E-state index is 0.0566. The second-order valence-corrected chi connectivity index (χ2v) is 10.2. The molecular weight excluding hydrogens is 390 g/mol. The van der Waals surface area contributed by atoms with Gasteiger partial charge < -0.3 is 4.74 Å². The lowest BCUT2D eigenvalue weighted by atomic mass is 9.82. The third kappa shape index (κ3) is 3.81. The summed E-state index contributed by atoms with van der Waals surface area (Å²) in [4.78, 5) is 0. The van der Waals surface area contributed by atoms with E-state index >= 15 is 0 Å². The van der Waals surface area contributed by atoms with Crippen LogP contribution in [0.4, 0.5) is 0 Å². The van der Waals surface area contributed by atoms with Gasteiger partial charge in [0, 0.05) is 0 Å². The zero-order chi connectivity index (χ0) is 10.3. The Kier molecular flexibility index (Phi) is 3.96. The van der Waals surface area contributed by atoms with Crippen molar-refractivity contribution in [2.75, 3.05) is 0 Å². The van der Waals surface area contributed by atoms with Gasteiger partial charge in [-0.1, -0.05) is 45.2 Å². The van der Waals surface area contributed by atoms with Crippen molar-refractivity contribution in [2.45, 2.75) is 53.7 Å². The quantitative estimate of drug-likeness (QED) is 0.468. The lowest BCUT2D eigenvalue weighted by Crippen LogP contribution is -2.46. The second kappa shape index (κ2) is 4.12. The topological polar surface area (TPSA) is 9.23 Å². The van der Waals surface area contributed by atoms with Crippen LogP contribution in [0.15, 0.2) is 0 Å². The first-order valence-corrected chi connectivity index (χ1v) is 7.19. The third-order valence-corrected chi connectivity index (χ3v) is 4.45. The smallest absolute Gasteiger partial charge is 0.0656 e. The monoisotopic (exact) mass is 408 g/mol. The largest absolute Gasteiger partial charge is 0.370 e. The lowest BCUT2D eigenvalue weighted by molar-refractivity contribution is -0.169. The molecule has 0 aromatic rings.